The Bertz CT molecular complexity index is 277. The van der Waals surface area contributed by atoms with Gasteiger partial charge in [-0.15, -0.1) is 0 Å². The molecule has 1 spiro atoms. The summed E-state index contributed by atoms with van der Waals surface area (Å²) in [7, 11) is 0. The highest BCUT2D eigenvalue weighted by Gasteiger charge is 2.43. The predicted octanol–water partition coefficient (Wildman–Crippen LogP) is -0.248. The van der Waals surface area contributed by atoms with Crippen LogP contribution in [0.3, 0.4) is 0 Å². The van der Waals surface area contributed by atoms with Gasteiger partial charge in [0.25, 0.3) is 0 Å². The van der Waals surface area contributed by atoms with Gasteiger partial charge in [0, 0.05) is 39.0 Å². The highest BCUT2D eigenvalue weighted by Crippen LogP contribution is 2.36. The lowest BCUT2D eigenvalue weighted by molar-refractivity contribution is -0.150. The fourth-order valence-electron chi connectivity index (χ4n) is 3.50. The number of likely N-dealkylation sites (tertiary alicyclic amines) is 1. The van der Waals surface area contributed by atoms with Crippen LogP contribution in [0.15, 0.2) is 0 Å². The summed E-state index contributed by atoms with van der Waals surface area (Å²) in [5.74, 6) is 0. The Balaban J connectivity index is 1.63. The molecule has 0 aromatic heterocycles. The van der Waals surface area contributed by atoms with Gasteiger partial charge < -0.3 is 19.7 Å². The SMILES string of the molecule is OC1CN(C2CCOC3(CCOCC3)C2)CC1O. The lowest BCUT2D eigenvalue weighted by Crippen LogP contribution is -2.50. The summed E-state index contributed by atoms with van der Waals surface area (Å²) in [4.78, 5) is 2.23. The number of aliphatic hydroxyl groups excluding tert-OH is 2. The molecule has 3 atom stereocenters. The largest absolute Gasteiger partial charge is 0.389 e. The summed E-state index contributed by atoms with van der Waals surface area (Å²) in [6, 6.07) is 0.434. The Morgan fingerprint density at radius 2 is 1.67 bits per heavy atom. The zero-order valence-electron chi connectivity index (χ0n) is 10.8. The Morgan fingerprint density at radius 1 is 1.00 bits per heavy atom. The van der Waals surface area contributed by atoms with Crippen LogP contribution >= 0.6 is 0 Å². The van der Waals surface area contributed by atoms with Gasteiger partial charge in [-0.05, 0) is 25.7 Å². The second kappa shape index (κ2) is 5.06. The molecule has 3 heterocycles. The fourth-order valence-corrected chi connectivity index (χ4v) is 3.50. The van der Waals surface area contributed by atoms with Gasteiger partial charge in [-0.1, -0.05) is 0 Å². The van der Waals surface area contributed by atoms with Gasteiger partial charge in [-0.2, -0.15) is 0 Å². The van der Waals surface area contributed by atoms with Crippen molar-refractivity contribution in [2.75, 3.05) is 32.9 Å². The van der Waals surface area contributed by atoms with Crippen LogP contribution in [0.1, 0.15) is 25.7 Å². The third-order valence-corrected chi connectivity index (χ3v) is 4.67. The van der Waals surface area contributed by atoms with Crippen molar-refractivity contribution in [3.63, 3.8) is 0 Å². The molecule has 5 heteroatoms. The van der Waals surface area contributed by atoms with E-state index < -0.39 is 12.2 Å². The van der Waals surface area contributed by atoms with Crippen LogP contribution in [0.4, 0.5) is 0 Å². The zero-order valence-corrected chi connectivity index (χ0v) is 10.8. The molecule has 3 aliphatic rings. The average molecular weight is 257 g/mol. The van der Waals surface area contributed by atoms with Crippen LogP contribution in [0.25, 0.3) is 0 Å². The number of hydrogen-bond donors (Lipinski definition) is 2. The van der Waals surface area contributed by atoms with Crippen LogP contribution in [0, 0.1) is 0 Å². The number of hydrogen-bond acceptors (Lipinski definition) is 5. The van der Waals surface area contributed by atoms with Gasteiger partial charge in [-0.25, -0.2) is 0 Å². The van der Waals surface area contributed by atoms with Crippen molar-refractivity contribution < 1.29 is 19.7 Å². The van der Waals surface area contributed by atoms with Crippen LogP contribution in [-0.2, 0) is 9.47 Å². The number of rotatable bonds is 1. The molecule has 0 amide bonds. The van der Waals surface area contributed by atoms with Gasteiger partial charge in [0.15, 0.2) is 0 Å². The van der Waals surface area contributed by atoms with Crippen LogP contribution in [0.2, 0.25) is 0 Å². The van der Waals surface area contributed by atoms with Crippen LogP contribution in [-0.4, -0.2) is 71.9 Å². The minimum atomic E-state index is -0.585. The molecule has 5 nitrogen and oxygen atoms in total. The number of nitrogens with zero attached hydrogens (tertiary/aromatic N) is 1. The van der Waals surface area contributed by atoms with E-state index in [0.29, 0.717) is 19.1 Å². The summed E-state index contributed by atoms with van der Waals surface area (Å²) < 4.78 is 11.4. The first-order valence-corrected chi connectivity index (χ1v) is 7.00. The molecule has 0 saturated carbocycles. The number of ether oxygens (including phenoxy) is 2. The highest BCUT2D eigenvalue weighted by molar-refractivity contribution is 4.95. The average Bonchev–Trinajstić information content (AvgIpc) is 2.71. The molecule has 0 bridgehead atoms. The normalized spacial score (nSPS) is 41.3. The van der Waals surface area contributed by atoms with Crippen LogP contribution < -0.4 is 0 Å². The first-order chi connectivity index (χ1) is 8.69. The molecule has 0 aromatic carbocycles. The standard InChI is InChI=1S/C13H23NO4/c15-11-8-14(9-12(11)16)10-1-4-18-13(7-10)2-5-17-6-3-13/h10-12,15-16H,1-9H2. The van der Waals surface area contributed by atoms with Gasteiger partial charge >= 0.3 is 0 Å². The first-order valence-electron chi connectivity index (χ1n) is 7.00. The molecular weight excluding hydrogens is 234 g/mol. The maximum absolute atomic E-state index is 9.66. The molecule has 0 radical (unpaired) electrons. The fraction of sp³-hybridized carbons (Fsp3) is 1.00. The molecule has 3 saturated heterocycles. The summed E-state index contributed by atoms with van der Waals surface area (Å²) in [5, 5.41) is 19.3. The molecular formula is C13H23NO4. The van der Waals surface area contributed by atoms with Crippen molar-refractivity contribution >= 4 is 0 Å². The van der Waals surface area contributed by atoms with Crippen molar-refractivity contribution in [2.45, 2.75) is 49.5 Å². The second-order valence-corrected chi connectivity index (χ2v) is 5.88. The molecule has 3 rings (SSSR count). The van der Waals surface area contributed by atoms with E-state index in [1.165, 1.54) is 0 Å². The third-order valence-electron chi connectivity index (χ3n) is 4.67. The van der Waals surface area contributed by atoms with E-state index in [9.17, 15) is 10.2 Å². The second-order valence-electron chi connectivity index (χ2n) is 5.88. The van der Waals surface area contributed by atoms with Gasteiger partial charge in [0.05, 0.1) is 17.8 Å². The molecule has 18 heavy (non-hydrogen) atoms. The smallest absolute Gasteiger partial charge is 0.0938 e. The summed E-state index contributed by atoms with van der Waals surface area (Å²) in [6.07, 6.45) is 2.79. The van der Waals surface area contributed by atoms with E-state index in [2.05, 4.69) is 4.90 Å². The van der Waals surface area contributed by atoms with Gasteiger partial charge in [0.2, 0.25) is 0 Å². The Kier molecular flexibility index (Phi) is 3.60. The third kappa shape index (κ3) is 2.42. The summed E-state index contributed by atoms with van der Waals surface area (Å²) in [5.41, 5.74) is -0.0142. The molecule has 0 aliphatic carbocycles. The molecule has 3 aliphatic heterocycles. The van der Waals surface area contributed by atoms with E-state index in [-0.39, 0.29) is 5.60 Å². The zero-order chi connectivity index (χ0) is 12.6. The molecule has 3 unspecified atom stereocenters. The molecule has 2 N–H and O–H groups in total. The van der Waals surface area contributed by atoms with E-state index in [4.69, 9.17) is 9.47 Å². The first kappa shape index (κ1) is 12.8. The monoisotopic (exact) mass is 257 g/mol. The van der Waals surface area contributed by atoms with E-state index in [0.717, 1.165) is 45.5 Å². The number of aliphatic hydroxyl groups is 2. The molecule has 3 fully saturated rings. The van der Waals surface area contributed by atoms with Crippen molar-refractivity contribution in [3.8, 4) is 0 Å². The minimum absolute atomic E-state index is 0.0142. The van der Waals surface area contributed by atoms with Crippen molar-refractivity contribution in [1.82, 2.24) is 4.90 Å². The lowest BCUT2D eigenvalue weighted by atomic mass is 9.83. The quantitative estimate of drug-likeness (QED) is 0.678. The predicted molar refractivity (Wildman–Crippen MR) is 65.3 cm³/mol. The maximum Gasteiger partial charge on any atom is 0.0938 e. The minimum Gasteiger partial charge on any atom is -0.389 e. The summed E-state index contributed by atoms with van der Waals surface area (Å²) >= 11 is 0. The van der Waals surface area contributed by atoms with E-state index >= 15 is 0 Å². The molecule has 104 valence electrons. The topological polar surface area (TPSA) is 62.2 Å². The Hall–Kier alpha value is -0.200. The summed E-state index contributed by atoms with van der Waals surface area (Å²) in [6.45, 7) is 3.56. The molecule has 0 aromatic rings. The van der Waals surface area contributed by atoms with Crippen LogP contribution in [0.5, 0.6) is 0 Å². The van der Waals surface area contributed by atoms with Gasteiger partial charge in [-0.3, -0.25) is 4.90 Å². The van der Waals surface area contributed by atoms with E-state index in [1.807, 2.05) is 0 Å². The van der Waals surface area contributed by atoms with E-state index in [1.54, 1.807) is 0 Å². The van der Waals surface area contributed by atoms with Crippen molar-refractivity contribution in [1.29, 1.82) is 0 Å². The maximum atomic E-state index is 9.66. The Labute approximate surface area is 108 Å². The Morgan fingerprint density at radius 3 is 2.33 bits per heavy atom. The number of β-amino-alcohol motifs (C(OH)–C–C–N with tert-alkyl or cyclic N) is 2. The highest BCUT2D eigenvalue weighted by atomic mass is 16.5. The van der Waals surface area contributed by atoms with Crippen molar-refractivity contribution in [2.24, 2.45) is 0 Å². The van der Waals surface area contributed by atoms with Gasteiger partial charge in [0.1, 0.15) is 0 Å². The van der Waals surface area contributed by atoms with Crippen molar-refractivity contribution in [3.05, 3.63) is 0 Å². The lowest BCUT2D eigenvalue weighted by Gasteiger charge is -2.45.